The lowest BCUT2D eigenvalue weighted by Gasteiger charge is -2.16. The highest BCUT2D eigenvalue weighted by molar-refractivity contribution is 7.89. The van der Waals surface area contributed by atoms with Gasteiger partial charge in [-0.1, -0.05) is 0 Å². The average Bonchev–Trinajstić information content (AvgIpc) is 2.86. The number of aryl methyl sites for hydroxylation is 1. The molecule has 1 aromatic carbocycles. The average molecular weight is 339 g/mol. The number of benzene rings is 1. The lowest BCUT2D eigenvalue weighted by molar-refractivity contribution is 0.391. The van der Waals surface area contributed by atoms with Crippen molar-refractivity contribution >= 4 is 10.0 Å². The molecule has 126 valence electrons. The van der Waals surface area contributed by atoms with Crippen LogP contribution in [0.15, 0.2) is 29.3 Å². The minimum atomic E-state index is -3.78. The van der Waals surface area contributed by atoms with Crippen molar-refractivity contribution in [2.45, 2.75) is 24.8 Å². The van der Waals surface area contributed by atoms with Gasteiger partial charge in [0.25, 0.3) is 0 Å². The van der Waals surface area contributed by atoms with E-state index in [0.29, 0.717) is 5.75 Å². The van der Waals surface area contributed by atoms with Crippen molar-refractivity contribution in [3.05, 3.63) is 35.7 Å². The largest absolute Gasteiger partial charge is 0.497 e. The monoisotopic (exact) mass is 339 g/mol. The Hall–Kier alpha value is -2.06. The van der Waals surface area contributed by atoms with Gasteiger partial charge in [0, 0.05) is 30.4 Å². The van der Waals surface area contributed by atoms with E-state index in [1.54, 1.807) is 29.9 Å². The zero-order valence-electron chi connectivity index (χ0n) is 13.8. The fraction of sp³-hybridized carbons (Fsp3) is 0.400. The van der Waals surface area contributed by atoms with E-state index in [2.05, 4.69) is 9.82 Å². The summed E-state index contributed by atoms with van der Waals surface area (Å²) in [6.07, 6.45) is 1.66. The molecular formula is C15H21N3O4S. The number of methoxy groups -OCH3 is 2. The van der Waals surface area contributed by atoms with Gasteiger partial charge in [0.2, 0.25) is 10.0 Å². The molecule has 2 aromatic rings. The minimum absolute atomic E-state index is 0.0349. The summed E-state index contributed by atoms with van der Waals surface area (Å²) in [5.41, 5.74) is 1.72. The van der Waals surface area contributed by atoms with Gasteiger partial charge in [0.15, 0.2) is 0 Å². The maximum Gasteiger partial charge on any atom is 0.244 e. The molecule has 7 nitrogen and oxygen atoms in total. The van der Waals surface area contributed by atoms with Crippen molar-refractivity contribution in [3.63, 3.8) is 0 Å². The van der Waals surface area contributed by atoms with E-state index in [-0.39, 0.29) is 10.6 Å². The van der Waals surface area contributed by atoms with Crippen molar-refractivity contribution in [2.24, 2.45) is 7.05 Å². The van der Waals surface area contributed by atoms with Gasteiger partial charge in [-0.25, -0.2) is 13.1 Å². The van der Waals surface area contributed by atoms with E-state index in [0.717, 1.165) is 11.3 Å². The first kappa shape index (κ1) is 17.3. The van der Waals surface area contributed by atoms with Gasteiger partial charge in [-0.15, -0.1) is 0 Å². The first-order valence-electron chi connectivity index (χ1n) is 7.03. The summed E-state index contributed by atoms with van der Waals surface area (Å²) in [5.74, 6) is 0.699. The number of nitrogens with one attached hydrogen (secondary N) is 1. The Morgan fingerprint density at radius 3 is 2.48 bits per heavy atom. The van der Waals surface area contributed by atoms with Crippen molar-refractivity contribution in [1.29, 1.82) is 0 Å². The Balaban J connectivity index is 2.37. The molecule has 2 rings (SSSR count). The lowest BCUT2D eigenvalue weighted by atomic mass is 10.1. The van der Waals surface area contributed by atoms with E-state index >= 15 is 0 Å². The molecule has 0 saturated heterocycles. The third-order valence-corrected chi connectivity index (χ3v) is 5.29. The molecule has 23 heavy (non-hydrogen) atoms. The van der Waals surface area contributed by atoms with Crippen LogP contribution >= 0.6 is 0 Å². The van der Waals surface area contributed by atoms with Gasteiger partial charge in [-0.2, -0.15) is 5.10 Å². The lowest BCUT2D eigenvalue weighted by Crippen LogP contribution is -2.27. The summed E-state index contributed by atoms with van der Waals surface area (Å²) in [5, 5.41) is 4.14. The number of nitrogens with zero attached hydrogens (tertiary/aromatic N) is 2. The van der Waals surface area contributed by atoms with Gasteiger partial charge in [-0.3, -0.25) is 4.68 Å². The molecule has 1 unspecified atom stereocenters. The molecule has 0 amide bonds. The number of rotatable bonds is 6. The molecule has 0 spiro atoms. The van der Waals surface area contributed by atoms with Crippen molar-refractivity contribution < 1.29 is 17.9 Å². The van der Waals surface area contributed by atoms with Crippen LogP contribution in [0.4, 0.5) is 0 Å². The molecular weight excluding hydrogens is 318 g/mol. The molecule has 0 aliphatic carbocycles. The Morgan fingerprint density at radius 1 is 1.26 bits per heavy atom. The molecule has 8 heteroatoms. The maximum absolute atomic E-state index is 12.7. The van der Waals surface area contributed by atoms with Crippen LogP contribution in [0.3, 0.4) is 0 Å². The van der Waals surface area contributed by atoms with Crippen LogP contribution in [-0.4, -0.2) is 32.4 Å². The molecule has 0 fully saturated rings. The summed E-state index contributed by atoms with van der Waals surface area (Å²) in [7, 11) is 0.934. The van der Waals surface area contributed by atoms with E-state index in [9.17, 15) is 8.42 Å². The molecule has 1 N–H and O–H groups in total. The van der Waals surface area contributed by atoms with Crippen molar-refractivity contribution in [1.82, 2.24) is 14.5 Å². The third kappa shape index (κ3) is 3.48. The second kappa shape index (κ2) is 6.59. The smallest absolute Gasteiger partial charge is 0.244 e. The standard InChI is InChI=1S/C15H21N3O4S/c1-10(13-9-16-18(3)11(13)2)17-23(19,20)15-8-12(21-4)6-7-14(15)22-5/h6-10,17H,1-5H3. The van der Waals surface area contributed by atoms with Crippen molar-refractivity contribution in [2.75, 3.05) is 14.2 Å². The molecule has 0 aliphatic heterocycles. The third-order valence-electron chi connectivity index (χ3n) is 3.73. The van der Waals surface area contributed by atoms with Gasteiger partial charge in [0.1, 0.15) is 16.4 Å². The number of hydrogen-bond acceptors (Lipinski definition) is 5. The summed E-state index contributed by atoms with van der Waals surface area (Å²) >= 11 is 0. The number of hydrogen-bond donors (Lipinski definition) is 1. The van der Waals surface area contributed by atoms with E-state index in [1.807, 2.05) is 14.0 Å². The summed E-state index contributed by atoms with van der Waals surface area (Å²) in [4.78, 5) is 0.0349. The number of sulfonamides is 1. The Labute approximate surface area is 136 Å². The minimum Gasteiger partial charge on any atom is -0.497 e. The van der Waals surface area contributed by atoms with E-state index in [1.165, 1.54) is 20.3 Å². The predicted octanol–water partition coefficient (Wildman–Crippen LogP) is 1.79. The van der Waals surface area contributed by atoms with Gasteiger partial charge in [-0.05, 0) is 26.0 Å². The van der Waals surface area contributed by atoms with Crippen LogP contribution in [0.25, 0.3) is 0 Å². The fourth-order valence-corrected chi connectivity index (χ4v) is 3.70. The molecule has 0 bridgehead atoms. The normalized spacial score (nSPS) is 12.9. The van der Waals surface area contributed by atoms with E-state index in [4.69, 9.17) is 9.47 Å². The Bertz CT molecular complexity index is 799. The van der Waals surface area contributed by atoms with E-state index < -0.39 is 16.1 Å². The van der Waals surface area contributed by atoms with Crippen LogP contribution in [0, 0.1) is 6.92 Å². The second-order valence-electron chi connectivity index (χ2n) is 5.17. The molecule has 0 saturated carbocycles. The zero-order chi connectivity index (χ0) is 17.2. The second-order valence-corrected chi connectivity index (χ2v) is 6.85. The number of aromatic nitrogens is 2. The maximum atomic E-state index is 12.7. The molecule has 1 atom stereocenters. The number of ether oxygens (including phenoxy) is 2. The zero-order valence-corrected chi connectivity index (χ0v) is 14.6. The molecule has 1 aromatic heterocycles. The highest BCUT2D eigenvalue weighted by atomic mass is 32.2. The van der Waals surface area contributed by atoms with Crippen LogP contribution in [0.2, 0.25) is 0 Å². The molecule has 0 aliphatic rings. The highest BCUT2D eigenvalue weighted by Gasteiger charge is 2.24. The topological polar surface area (TPSA) is 82.4 Å². The van der Waals surface area contributed by atoms with Crippen LogP contribution < -0.4 is 14.2 Å². The van der Waals surface area contributed by atoms with Gasteiger partial charge >= 0.3 is 0 Å². The molecule has 1 heterocycles. The quantitative estimate of drug-likeness (QED) is 0.867. The molecule has 0 radical (unpaired) electrons. The van der Waals surface area contributed by atoms with Gasteiger partial charge in [0.05, 0.1) is 20.4 Å². The first-order chi connectivity index (χ1) is 10.8. The van der Waals surface area contributed by atoms with Gasteiger partial charge < -0.3 is 9.47 Å². The first-order valence-corrected chi connectivity index (χ1v) is 8.51. The van der Waals surface area contributed by atoms with Crippen LogP contribution in [0.1, 0.15) is 24.2 Å². The Kier molecular flexibility index (Phi) is 4.96. The highest BCUT2D eigenvalue weighted by Crippen LogP contribution is 2.29. The predicted molar refractivity (Wildman–Crippen MR) is 86.2 cm³/mol. The van der Waals surface area contributed by atoms with Crippen LogP contribution in [0.5, 0.6) is 11.5 Å². The van der Waals surface area contributed by atoms with Crippen molar-refractivity contribution in [3.8, 4) is 11.5 Å². The summed E-state index contributed by atoms with van der Waals surface area (Å²) in [6.45, 7) is 3.66. The summed E-state index contributed by atoms with van der Waals surface area (Å²) < 4.78 is 40.0. The summed E-state index contributed by atoms with van der Waals surface area (Å²) in [6, 6.07) is 4.22. The Morgan fingerprint density at radius 2 is 1.96 bits per heavy atom. The van der Waals surface area contributed by atoms with Crippen LogP contribution in [-0.2, 0) is 17.1 Å². The SMILES string of the molecule is COc1ccc(OC)c(S(=O)(=O)NC(C)c2cnn(C)c2C)c1. The fourth-order valence-electron chi connectivity index (χ4n) is 2.29.